The van der Waals surface area contributed by atoms with Crippen molar-refractivity contribution in [3.05, 3.63) is 52.7 Å². The van der Waals surface area contributed by atoms with Gasteiger partial charge in [-0.05, 0) is 24.3 Å². The number of nitrogens with one attached hydrogen (secondary N) is 1. The maximum atomic E-state index is 13.5. The van der Waals surface area contributed by atoms with Crippen LogP contribution >= 0.6 is 11.6 Å². The number of para-hydroxylation sites is 1. The summed E-state index contributed by atoms with van der Waals surface area (Å²) in [5, 5.41) is 3.09. The third-order valence-electron chi connectivity index (χ3n) is 2.45. The Morgan fingerprint density at radius 1 is 1.42 bits per heavy atom. The van der Waals surface area contributed by atoms with Gasteiger partial charge in [0.1, 0.15) is 11.6 Å². The molecule has 0 saturated carbocycles. The molecule has 6 heteroatoms. The van der Waals surface area contributed by atoms with Crippen molar-refractivity contribution in [1.29, 1.82) is 0 Å². The molecular formula is C13H11ClFNO3. The van der Waals surface area contributed by atoms with E-state index in [-0.39, 0.29) is 23.0 Å². The highest BCUT2D eigenvalue weighted by atomic mass is 35.5. The molecule has 0 spiro atoms. The number of carbonyl (C=O) groups is 1. The van der Waals surface area contributed by atoms with E-state index in [2.05, 4.69) is 10.1 Å². The van der Waals surface area contributed by atoms with Gasteiger partial charge in [-0.3, -0.25) is 0 Å². The molecule has 1 heterocycles. The van der Waals surface area contributed by atoms with Crippen LogP contribution in [-0.4, -0.2) is 13.1 Å². The first-order valence-corrected chi connectivity index (χ1v) is 5.84. The zero-order valence-corrected chi connectivity index (χ0v) is 10.8. The van der Waals surface area contributed by atoms with Crippen LogP contribution < -0.4 is 5.32 Å². The number of hydrogen-bond acceptors (Lipinski definition) is 4. The molecule has 1 aromatic heterocycles. The minimum atomic E-state index is -0.560. The van der Waals surface area contributed by atoms with Crippen LogP contribution in [-0.2, 0) is 11.3 Å². The minimum Gasteiger partial charge on any atom is -0.463 e. The Bertz CT molecular complexity index is 577. The number of benzene rings is 1. The maximum Gasteiger partial charge on any atom is 0.373 e. The molecule has 0 aliphatic rings. The summed E-state index contributed by atoms with van der Waals surface area (Å²) in [4.78, 5) is 11.2. The lowest BCUT2D eigenvalue weighted by Crippen LogP contribution is -2.02. The van der Waals surface area contributed by atoms with Crippen LogP contribution in [0.4, 0.5) is 10.1 Å². The van der Waals surface area contributed by atoms with E-state index >= 15 is 0 Å². The second-order valence-corrected chi connectivity index (χ2v) is 4.11. The molecule has 4 nitrogen and oxygen atoms in total. The summed E-state index contributed by atoms with van der Waals surface area (Å²) in [5.74, 6) is -0.443. The van der Waals surface area contributed by atoms with Gasteiger partial charge in [0.2, 0.25) is 5.76 Å². The van der Waals surface area contributed by atoms with E-state index in [4.69, 9.17) is 16.0 Å². The quantitative estimate of drug-likeness (QED) is 0.873. The predicted molar refractivity (Wildman–Crippen MR) is 68.8 cm³/mol. The van der Waals surface area contributed by atoms with E-state index in [9.17, 15) is 9.18 Å². The smallest absolute Gasteiger partial charge is 0.373 e. The lowest BCUT2D eigenvalue weighted by molar-refractivity contribution is 0.0563. The summed E-state index contributed by atoms with van der Waals surface area (Å²) in [6, 6.07) is 7.50. The van der Waals surface area contributed by atoms with Crippen molar-refractivity contribution in [3.8, 4) is 0 Å². The number of hydrogen-bond donors (Lipinski definition) is 1. The van der Waals surface area contributed by atoms with Crippen molar-refractivity contribution in [2.75, 3.05) is 12.4 Å². The molecule has 0 fully saturated rings. The molecule has 0 aliphatic heterocycles. The summed E-state index contributed by atoms with van der Waals surface area (Å²) in [5.41, 5.74) is 0.195. The second kappa shape index (κ2) is 5.75. The Kier molecular flexibility index (Phi) is 4.06. The molecule has 1 aromatic carbocycles. The number of ether oxygens (including phenoxy) is 1. The fourth-order valence-electron chi connectivity index (χ4n) is 1.53. The standard InChI is InChI=1S/C13H11ClFNO3/c1-18-13(17)11-6-5-8(19-11)7-16-12-9(14)3-2-4-10(12)15/h2-6,16H,7H2,1H3. The van der Waals surface area contributed by atoms with Crippen molar-refractivity contribution in [3.63, 3.8) is 0 Å². The average Bonchev–Trinajstić information content (AvgIpc) is 2.86. The highest BCUT2D eigenvalue weighted by Gasteiger charge is 2.12. The van der Waals surface area contributed by atoms with Gasteiger partial charge in [0, 0.05) is 0 Å². The van der Waals surface area contributed by atoms with E-state index in [1.807, 2.05) is 0 Å². The number of rotatable bonds is 4. The summed E-state index contributed by atoms with van der Waals surface area (Å²) >= 11 is 5.87. The largest absolute Gasteiger partial charge is 0.463 e. The van der Waals surface area contributed by atoms with E-state index in [1.54, 1.807) is 12.1 Å². The van der Waals surface area contributed by atoms with Crippen molar-refractivity contribution < 1.29 is 18.3 Å². The number of methoxy groups -OCH3 is 1. The first kappa shape index (κ1) is 13.4. The van der Waals surface area contributed by atoms with Gasteiger partial charge in [0.15, 0.2) is 0 Å². The van der Waals surface area contributed by atoms with E-state index < -0.39 is 11.8 Å². The molecule has 1 N–H and O–H groups in total. The van der Waals surface area contributed by atoms with Gasteiger partial charge in [-0.2, -0.15) is 0 Å². The Balaban J connectivity index is 2.07. The Hall–Kier alpha value is -2.01. The normalized spacial score (nSPS) is 10.3. The summed E-state index contributed by atoms with van der Waals surface area (Å²) < 4.78 is 23.2. The molecule has 2 aromatic rings. The Morgan fingerprint density at radius 2 is 2.21 bits per heavy atom. The number of anilines is 1. The number of carbonyl (C=O) groups excluding carboxylic acids is 1. The minimum absolute atomic E-state index is 0.0962. The van der Waals surface area contributed by atoms with Gasteiger partial charge < -0.3 is 14.5 Å². The van der Waals surface area contributed by atoms with Gasteiger partial charge in [-0.1, -0.05) is 17.7 Å². The number of esters is 1. The fraction of sp³-hybridized carbons (Fsp3) is 0.154. The Morgan fingerprint density at radius 3 is 2.89 bits per heavy atom. The first-order chi connectivity index (χ1) is 9.11. The van der Waals surface area contributed by atoms with Crippen LogP contribution in [0.1, 0.15) is 16.3 Å². The molecule has 0 radical (unpaired) electrons. The summed E-state index contributed by atoms with van der Waals surface area (Å²) in [7, 11) is 1.27. The topological polar surface area (TPSA) is 51.5 Å². The van der Waals surface area contributed by atoms with Crippen LogP contribution in [0.3, 0.4) is 0 Å². The van der Waals surface area contributed by atoms with Gasteiger partial charge in [-0.15, -0.1) is 0 Å². The highest BCUT2D eigenvalue weighted by molar-refractivity contribution is 6.33. The van der Waals surface area contributed by atoms with Crippen LogP contribution in [0.2, 0.25) is 5.02 Å². The lowest BCUT2D eigenvalue weighted by atomic mass is 10.3. The first-order valence-electron chi connectivity index (χ1n) is 5.46. The van der Waals surface area contributed by atoms with Crippen LogP contribution in [0.5, 0.6) is 0 Å². The molecule has 0 amide bonds. The van der Waals surface area contributed by atoms with Crippen molar-refractivity contribution >= 4 is 23.3 Å². The zero-order chi connectivity index (χ0) is 13.8. The number of halogens is 2. The molecule has 0 atom stereocenters. The van der Waals surface area contributed by atoms with Gasteiger partial charge in [0.05, 0.1) is 24.4 Å². The molecule has 0 bridgehead atoms. The van der Waals surface area contributed by atoms with E-state index in [0.29, 0.717) is 5.76 Å². The van der Waals surface area contributed by atoms with Crippen LogP contribution in [0, 0.1) is 5.82 Å². The van der Waals surface area contributed by atoms with Gasteiger partial charge in [0.25, 0.3) is 0 Å². The van der Waals surface area contributed by atoms with Crippen molar-refractivity contribution in [2.45, 2.75) is 6.54 Å². The monoisotopic (exact) mass is 283 g/mol. The average molecular weight is 284 g/mol. The predicted octanol–water partition coefficient (Wildman–Crippen LogP) is 3.47. The SMILES string of the molecule is COC(=O)c1ccc(CNc2c(F)cccc2Cl)o1. The van der Waals surface area contributed by atoms with Crippen molar-refractivity contribution in [1.82, 2.24) is 0 Å². The maximum absolute atomic E-state index is 13.5. The zero-order valence-electron chi connectivity index (χ0n) is 10.1. The second-order valence-electron chi connectivity index (χ2n) is 3.71. The van der Waals surface area contributed by atoms with E-state index in [1.165, 1.54) is 25.3 Å². The number of furan rings is 1. The molecule has 0 aliphatic carbocycles. The molecule has 0 unspecified atom stereocenters. The Labute approximate surface area is 114 Å². The summed E-state index contributed by atoms with van der Waals surface area (Å²) in [6.07, 6.45) is 0. The van der Waals surface area contributed by atoms with Gasteiger partial charge >= 0.3 is 5.97 Å². The molecule has 2 rings (SSSR count). The van der Waals surface area contributed by atoms with Crippen LogP contribution in [0.15, 0.2) is 34.7 Å². The lowest BCUT2D eigenvalue weighted by Gasteiger charge is -2.07. The van der Waals surface area contributed by atoms with Crippen LogP contribution in [0.25, 0.3) is 0 Å². The third-order valence-corrected chi connectivity index (χ3v) is 2.77. The molecular weight excluding hydrogens is 273 g/mol. The fourth-order valence-corrected chi connectivity index (χ4v) is 1.76. The molecule has 19 heavy (non-hydrogen) atoms. The van der Waals surface area contributed by atoms with Crippen molar-refractivity contribution in [2.24, 2.45) is 0 Å². The summed E-state index contributed by atoms with van der Waals surface area (Å²) in [6.45, 7) is 0.206. The molecule has 100 valence electrons. The van der Waals surface area contributed by atoms with E-state index in [0.717, 1.165) is 0 Å². The third kappa shape index (κ3) is 3.06. The molecule has 0 saturated heterocycles. The highest BCUT2D eigenvalue weighted by Crippen LogP contribution is 2.25. The van der Waals surface area contributed by atoms with Gasteiger partial charge in [-0.25, -0.2) is 9.18 Å².